The van der Waals surface area contributed by atoms with Gasteiger partial charge in [-0.2, -0.15) is 5.26 Å². The summed E-state index contributed by atoms with van der Waals surface area (Å²) in [4.78, 5) is 12.0. The SMILES string of the molecule is Cn1cnc2cc(C3=CNC(N4CCC(N)CC4)N=C3c3ccc(C#N)cc3)ccc21. The van der Waals surface area contributed by atoms with Crippen LogP contribution in [-0.2, 0) is 7.05 Å². The zero-order valence-electron chi connectivity index (χ0n) is 17.5. The monoisotopic (exact) mass is 411 g/mol. The first-order valence-corrected chi connectivity index (χ1v) is 10.6. The van der Waals surface area contributed by atoms with Crippen molar-refractivity contribution in [3.8, 4) is 6.07 Å². The van der Waals surface area contributed by atoms with Crippen molar-refractivity contribution in [3.63, 3.8) is 0 Å². The molecule has 1 unspecified atom stereocenters. The lowest BCUT2D eigenvalue weighted by atomic mass is 9.94. The summed E-state index contributed by atoms with van der Waals surface area (Å²) in [5, 5.41) is 12.7. The van der Waals surface area contributed by atoms with Gasteiger partial charge >= 0.3 is 0 Å². The molecular weight excluding hydrogens is 386 g/mol. The van der Waals surface area contributed by atoms with E-state index in [4.69, 9.17) is 10.7 Å². The Morgan fingerprint density at radius 3 is 2.58 bits per heavy atom. The Morgan fingerprint density at radius 2 is 1.84 bits per heavy atom. The van der Waals surface area contributed by atoms with Gasteiger partial charge in [-0.25, -0.2) is 9.98 Å². The number of allylic oxidation sites excluding steroid dienone is 1. The largest absolute Gasteiger partial charge is 0.357 e. The minimum atomic E-state index is -0.125. The molecule has 1 atom stereocenters. The number of likely N-dealkylation sites (tertiary alicyclic amines) is 1. The van der Waals surface area contributed by atoms with E-state index in [2.05, 4.69) is 45.7 Å². The van der Waals surface area contributed by atoms with Crippen molar-refractivity contribution < 1.29 is 0 Å². The lowest BCUT2D eigenvalue weighted by Crippen LogP contribution is -2.50. The predicted molar refractivity (Wildman–Crippen MR) is 122 cm³/mol. The minimum Gasteiger partial charge on any atom is -0.357 e. The smallest absolute Gasteiger partial charge is 0.176 e. The molecule has 5 rings (SSSR count). The summed E-state index contributed by atoms with van der Waals surface area (Å²) in [5.41, 5.74) is 12.7. The highest BCUT2D eigenvalue weighted by Crippen LogP contribution is 2.27. The van der Waals surface area contributed by atoms with Crippen LogP contribution in [0.15, 0.2) is 60.0 Å². The predicted octanol–water partition coefficient (Wildman–Crippen LogP) is 2.59. The van der Waals surface area contributed by atoms with E-state index in [1.165, 1.54) is 0 Å². The fraction of sp³-hybridized carbons (Fsp3) is 0.292. The minimum absolute atomic E-state index is 0.125. The molecule has 3 heterocycles. The van der Waals surface area contributed by atoms with Gasteiger partial charge < -0.3 is 15.6 Å². The van der Waals surface area contributed by atoms with E-state index in [0.29, 0.717) is 5.56 Å². The van der Waals surface area contributed by atoms with Crippen molar-refractivity contribution in [2.75, 3.05) is 13.1 Å². The van der Waals surface area contributed by atoms with E-state index in [1.54, 1.807) is 0 Å². The molecule has 0 aliphatic carbocycles. The summed E-state index contributed by atoms with van der Waals surface area (Å²) in [6, 6.07) is 16.4. The van der Waals surface area contributed by atoms with Crippen molar-refractivity contribution in [1.29, 1.82) is 5.26 Å². The summed E-state index contributed by atoms with van der Waals surface area (Å²) in [5.74, 6) is 0. The Balaban J connectivity index is 1.54. The number of nitrogens with two attached hydrogens (primary N) is 1. The van der Waals surface area contributed by atoms with E-state index in [9.17, 15) is 5.26 Å². The molecule has 156 valence electrons. The van der Waals surface area contributed by atoms with Gasteiger partial charge in [0.05, 0.1) is 34.7 Å². The quantitative estimate of drug-likeness (QED) is 0.691. The Kier molecular flexibility index (Phi) is 5.02. The second-order valence-electron chi connectivity index (χ2n) is 8.20. The number of aromatic nitrogens is 2. The van der Waals surface area contributed by atoms with Gasteiger partial charge in [0.15, 0.2) is 6.29 Å². The number of hydrogen-bond donors (Lipinski definition) is 2. The van der Waals surface area contributed by atoms with Crippen LogP contribution in [0.1, 0.15) is 29.5 Å². The van der Waals surface area contributed by atoms with Crippen LogP contribution in [0.25, 0.3) is 16.6 Å². The van der Waals surface area contributed by atoms with Gasteiger partial charge in [0.2, 0.25) is 0 Å². The first-order chi connectivity index (χ1) is 15.1. The molecule has 3 N–H and O–H groups in total. The maximum Gasteiger partial charge on any atom is 0.176 e. The van der Waals surface area contributed by atoms with E-state index in [0.717, 1.165) is 59.4 Å². The number of rotatable bonds is 3. The molecule has 3 aromatic rings. The second kappa shape index (κ2) is 7.99. The average molecular weight is 412 g/mol. The zero-order valence-corrected chi connectivity index (χ0v) is 17.5. The van der Waals surface area contributed by atoms with E-state index >= 15 is 0 Å². The van der Waals surface area contributed by atoms with E-state index < -0.39 is 0 Å². The Labute approximate surface area is 181 Å². The molecular formula is C24H25N7. The third-order valence-corrected chi connectivity index (χ3v) is 6.13. The highest BCUT2D eigenvalue weighted by atomic mass is 15.4. The molecule has 0 amide bonds. The molecule has 2 aromatic carbocycles. The zero-order chi connectivity index (χ0) is 21.4. The number of imidazole rings is 1. The lowest BCUT2D eigenvalue weighted by molar-refractivity contribution is 0.143. The molecule has 1 saturated heterocycles. The number of nitriles is 1. The summed E-state index contributed by atoms with van der Waals surface area (Å²) in [6.07, 6.45) is 5.72. The van der Waals surface area contributed by atoms with E-state index in [-0.39, 0.29) is 12.3 Å². The summed E-state index contributed by atoms with van der Waals surface area (Å²) in [7, 11) is 2.00. The lowest BCUT2D eigenvalue weighted by Gasteiger charge is -2.36. The number of aliphatic imine (C=N–C) groups is 1. The molecule has 0 radical (unpaired) electrons. The van der Waals surface area contributed by atoms with Crippen molar-refractivity contribution >= 4 is 22.3 Å². The molecule has 0 bridgehead atoms. The third-order valence-electron chi connectivity index (χ3n) is 6.13. The number of nitrogens with one attached hydrogen (secondary N) is 1. The molecule has 2 aliphatic heterocycles. The van der Waals surface area contributed by atoms with Crippen LogP contribution in [0.4, 0.5) is 0 Å². The number of aryl methyl sites for hydroxylation is 1. The van der Waals surface area contributed by atoms with Crippen LogP contribution in [0.2, 0.25) is 0 Å². The van der Waals surface area contributed by atoms with Crippen LogP contribution < -0.4 is 11.1 Å². The van der Waals surface area contributed by atoms with Crippen molar-refractivity contribution in [2.24, 2.45) is 17.8 Å². The fourth-order valence-corrected chi connectivity index (χ4v) is 4.26. The van der Waals surface area contributed by atoms with Gasteiger partial charge in [0.1, 0.15) is 0 Å². The first kappa shape index (κ1) is 19.5. The molecule has 7 heteroatoms. The van der Waals surface area contributed by atoms with Crippen LogP contribution in [0.5, 0.6) is 0 Å². The van der Waals surface area contributed by atoms with Gasteiger partial charge in [-0.05, 0) is 42.7 Å². The normalized spacial score (nSPS) is 20.1. The summed E-state index contributed by atoms with van der Waals surface area (Å²) < 4.78 is 2.01. The van der Waals surface area contributed by atoms with Gasteiger partial charge in [0, 0.05) is 43.5 Å². The van der Waals surface area contributed by atoms with Crippen LogP contribution in [0, 0.1) is 11.3 Å². The standard InChI is InChI=1S/C24H25N7/c1-30-15-28-21-12-18(6-7-22(21)30)20-14-27-24(31-10-8-19(26)9-11-31)29-23(20)17-4-2-16(13-25)3-5-17/h2-7,12,14-15,19,24,27H,8-11,26H2,1H3. The highest BCUT2D eigenvalue weighted by Gasteiger charge is 2.27. The molecule has 0 saturated carbocycles. The van der Waals surface area contributed by atoms with Gasteiger partial charge in [-0.15, -0.1) is 0 Å². The van der Waals surface area contributed by atoms with Crippen molar-refractivity contribution in [1.82, 2.24) is 19.8 Å². The van der Waals surface area contributed by atoms with Crippen LogP contribution in [0.3, 0.4) is 0 Å². The average Bonchev–Trinajstić information content (AvgIpc) is 3.19. The third kappa shape index (κ3) is 3.72. The van der Waals surface area contributed by atoms with Crippen LogP contribution >= 0.6 is 0 Å². The second-order valence-corrected chi connectivity index (χ2v) is 8.20. The molecule has 31 heavy (non-hydrogen) atoms. The molecule has 2 aliphatic rings. The Morgan fingerprint density at radius 1 is 1.10 bits per heavy atom. The maximum atomic E-state index is 9.18. The molecule has 1 fully saturated rings. The van der Waals surface area contributed by atoms with Gasteiger partial charge in [-0.1, -0.05) is 18.2 Å². The topological polar surface area (TPSA) is 95.3 Å². The molecule has 7 nitrogen and oxygen atoms in total. The fourth-order valence-electron chi connectivity index (χ4n) is 4.26. The van der Waals surface area contributed by atoms with Crippen LogP contribution in [-0.4, -0.2) is 45.6 Å². The Hall–Kier alpha value is -3.47. The Bertz CT molecular complexity index is 1200. The highest BCUT2D eigenvalue weighted by molar-refractivity contribution is 6.32. The molecule has 0 spiro atoms. The summed E-state index contributed by atoms with van der Waals surface area (Å²) in [6.45, 7) is 1.85. The maximum absolute atomic E-state index is 9.18. The van der Waals surface area contributed by atoms with Crippen molar-refractivity contribution in [2.45, 2.75) is 25.2 Å². The molecule has 1 aromatic heterocycles. The summed E-state index contributed by atoms with van der Waals surface area (Å²) >= 11 is 0. The number of nitrogens with zero attached hydrogens (tertiary/aromatic N) is 5. The van der Waals surface area contributed by atoms with E-state index in [1.807, 2.05) is 42.2 Å². The van der Waals surface area contributed by atoms with Gasteiger partial charge in [-0.3, -0.25) is 4.90 Å². The number of benzene rings is 2. The van der Waals surface area contributed by atoms with Crippen molar-refractivity contribution in [3.05, 3.63) is 71.7 Å². The number of hydrogen-bond acceptors (Lipinski definition) is 6. The number of piperidine rings is 1. The first-order valence-electron chi connectivity index (χ1n) is 10.6. The number of fused-ring (bicyclic) bond motifs is 1. The van der Waals surface area contributed by atoms with Gasteiger partial charge in [0.25, 0.3) is 0 Å².